The molecule has 0 radical (unpaired) electrons. The van der Waals surface area contributed by atoms with Gasteiger partial charge in [0.1, 0.15) is 5.75 Å². The van der Waals surface area contributed by atoms with Gasteiger partial charge in [0.2, 0.25) is 0 Å². The first-order valence-electron chi connectivity index (χ1n) is 11.0. The van der Waals surface area contributed by atoms with Crippen LogP contribution in [0.15, 0.2) is 24.3 Å². The maximum Gasteiger partial charge on any atom is 0.336 e. The van der Waals surface area contributed by atoms with Crippen molar-refractivity contribution >= 4 is 11.9 Å². The molecule has 30 heavy (non-hydrogen) atoms. The molecule has 0 spiro atoms. The Morgan fingerprint density at radius 3 is 1.97 bits per heavy atom. The van der Waals surface area contributed by atoms with Crippen LogP contribution in [0.4, 0.5) is 0 Å². The minimum Gasteiger partial charge on any atom is -0.494 e. The highest BCUT2D eigenvalue weighted by molar-refractivity contribution is 5.84. The van der Waals surface area contributed by atoms with Crippen LogP contribution in [0.1, 0.15) is 70.1 Å². The molecule has 2 aliphatic rings. The molecule has 7 nitrogen and oxygen atoms in total. The molecule has 1 aromatic carbocycles. The van der Waals surface area contributed by atoms with Crippen LogP contribution in [-0.2, 0) is 19.1 Å². The minimum absolute atomic E-state index is 0.557. The van der Waals surface area contributed by atoms with Gasteiger partial charge in [0.05, 0.1) is 6.61 Å². The van der Waals surface area contributed by atoms with Crippen LogP contribution in [0.2, 0.25) is 0 Å². The molecular formula is C23H32O7. The highest BCUT2D eigenvalue weighted by Gasteiger charge is 2.46. The third kappa shape index (κ3) is 5.95. The summed E-state index contributed by atoms with van der Waals surface area (Å²) in [5.74, 6) is -0.240. The molecule has 7 heteroatoms. The molecule has 2 N–H and O–H groups in total. The molecule has 0 amide bonds. The maximum atomic E-state index is 11.2. The molecule has 2 atom stereocenters. The number of aliphatic carboxylic acids is 2. The molecular weight excluding hydrogens is 388 g/mol. The molecule has 1 aliphatic carbocycles. The van der Waals surface area contributed by atoms with Gasteiger partial charge in [0, 0.05) is 5.56 Å². The van der Waals surface area contributed by atoms with Crippen molar-refractivity contribution in [2.75, 3.05) is 6.61 Å². The predicted octanol–water partition coefficient (Wildman–Crippen LogP) is 4.40. The van der Waals surface area contributed by atoms with E-state index in [0.717, 1.165) is 18.3 Å². The van der Waals surface area contributed by atoms with Crippen molar-refractivity contribution < 1.29 is 34.0 Å². The first-order chi connectivity index (χ1) is 14.5. The number of hydrogen-bond donors (Lipinski definition) is 2. The Balaban J connectivity index is 1.40. The van der Waals surface area contributed by atoms with E-state index >= 15 is 0 Å². The summed E-state index contributed by atoms with van der Waals surface area (Å²) in [6.45, 7) is 2.93. The Kier molecular flexibility index (Phi) is 8.10. The second-order valence-corrected chi connectivity index (χ2v) is 8.36. The molecule has 1 aromatic rings. The molecule has 1 heterocycles. The van der Waals surface area contributed by atoms with E-state index in [0.29, 0.717) is 17.9 Å². The molecule has 166 valence electrons. The average Bonchev–Trinajstić information content (AvgIpc) is 3.19. The van der Waals surface area contributed by atoms with Crippen molar-refractivity contribution in [3.05, 3.63) is 29.8 Å². The monoisotopic (exact) mass is 420 g/mol. The standard InChI is InChI=1S/C23H32O7/c1-2-4-15-6-8-16(9-7-15)5-3-14-28-18-12-10-17(11-13-18)23-29-19(21(24)25)20(30-23)22(26)27/h10-13,15-16,19-20,23H,2-9,14H2,1H3,(H,24,25)(H,26,27)/t15-,16-,19-,20-/m1/s1. The van der Waals surface area contributed by atoms with Crippen molar-refractivity contribution in [2.45, 2.75) is 76.8 Å². The summed E-state index contributed by atoms with van der Waals surface area (Å²) in [5.41, 5.74) is 0.557. The van der Waals surface area contributed by atoms with Crippen LogP contribution in [0.5, 0.6) is 5.75 Å². The quantitative estimate of drug-likeness (QED) is 0.541. The van der Waals surface area contributed by atoms with Crippen molar-refractivity contribution in [1.82, 2.24) is 0 Å². The number of benzene rings is 1. The molecule has 1 aliphatic heterocycles. The van der Waals surface area contributed by atoms with E-state index in [4.69, 9.17) is 24.4 Å². The zero-order valence-corrected chi connectivity index (χ0v) is 17.5. The summed E-state index contributed by atoms with van der Waals surface area (Å²) >= 11 is 0. The van der Waals surface area contributed by atoms with E-state index in [1.54, 1.807) is 24.3 Å². The summed E-state index contributed by atoms with van der Waals surface area (Å²) in [6, 6.07) is 6.94. The van der Waals surface area contributed by atoms with E-state index in [2.05, 4.69) is 6.92 Å². The van der Waals surface area contributed by atoms with Crippen molar-refractivity contribution in [2.24, 2.45) is 11.8 Å². The van der Waals surface area contributed by atoms with Gasteiger partial charge >= 0.3 is 11.9 Å². The molecule has 0 bridgehead atoms. The fraction of sp³-hybridized carbons (Fsp3) is 0.652. The van der Waals surface area contributed by atoms with Gasteiger partial charge in [-0.25, -0.2) is 9.59 Å². The third-order valence-electron chi connectivity index (χ3n) is 6.14. The Morgan fingerprint density at radius 2 is 1.47 bits per heavy atom. The second-order valence-electron chi connectivity index (χ2n) is 8.36. The Bertz CT molecular complexity index is 672. The van der Waals surface area contributed by atoms with Crippen LogP contribution < -0.4 is 4.74 Å². The zero-order valence-electron chi connectivity index (χ0n) is 17.5. The highest BCUT2D eigenvalue weighted by Crippen LogP contribution is 2.34. The van der Waals surface area contributed by atoms with Crippen LogP contribution in [0, 0.1) is 11.8 Å². The molecule has 2 fully saturated rings. The minimum atomic E-state index is -1.53. The number of carbonyl (C=O) groups is 2. The average molecular weight is 421 g/mol. The highest BCUT2D eigenvalue weighted by atomic mass is 16.7. The Labute approximate surface area is 177 Å². The Hall–Kier alpha value is -2.12. The number of hydrogen-bond acceptors (Lipinski definition) is 5. The number of carboxylic acids is 2. The van der Waals surface area contributed by atoms with E-state index in [-0.39, 0.29) is 0 Å². The summed E-state index contributed by atoms with van der Waals surface area (Å²) in [6.07, 6.45) is 6.25. The van der Waals surface area contributed by atoms with E-state index in [1.165, 1.54) is 44.9 Å². The lowest BCUT2D eigenvalue weighted by Crippen LogP contribution is -2.36. The Morgan fingerprint density at radius 1 is 0.933 bits per heavy atom. The second kappa shape index (κ2) is 10.8. The van der Waals surface area contributed by atoms with Gasteiger partial charge < -0.3 is 24.4 Å². The first-order valence-corrected chi connectivity index (χ1v) is 11.0. The lowest BCUT2D eigenvalue weighted by atomic mass is 9.78. The summed E-state index contributed by atoms with van der Waals surface area (Å²) < 4.78 is 16.4. The van der Waals surface area contributed by atoms with Gasteiger partial charge in [-0.15, -0.1) is 0 Å². The van der Waals surface area contributed by atoms with Gasteiger partial charge in [-0.1, -0.05) is 57.6 Å². The number of ether oxygens (including phenoxy) is 3. The number of rotatable bonds is 10. The molecule has 3 rings (SSSR count). The lowest BCUT2D eigenvalue weighted by molar-refractivity contribution is -0.156. The molecule has 1 saturated carbocycles. The topological polar surface area (TPSA) is 102 Å². The van der Waals surface area contributed by atoms with E-state index < -0.39 is 30.4 Å². The molecule has 1 saturated heterocycles. The predicted molar refractivity (Wildman–Crippen MR) is 109 cm³/mol. The normalized spacial score (nSPS) is 27.1. The summed E-state index contributed by atoms with van der Waals surface area (Å²) in [4.78, 5) is 22.3. The van der Waals surface area contributed by atoms with Crippen LogP contribution >= 0.6 is 0 Å². The van der Waals surface area contributed by atoms with E-state index in [1.807, 2.05) is 0 Å². The summed E-state index contributed by atoms with van der Waals surface area (Å²) in [5, 5.41) is 18.2. The lowest BCUT2D eigenvalue weighted by Gasteiger charge is -2.28. The van der Waals surface area contributed by atoms with Gasteiger partial charge in [-0.3, -0.25) is 0 Å². The molecule has 0 aromatic heterocycles. The van der Waals surface area contributed by atoms with Crippen molar-refractivity contribution in [3.8, 4) is 5.75 Å². The third-order valence-corrected chi connectivity index (χ3v) is 6.14. The van der Waals surface area contributed by atoms with Gasteiger partial charge in [-0.2, -0.15) is 0 Å². The summed E-state index contributed by atoms with van der Waals surface area (Å²) in [7, 11) is 0. The van der Waals surface area contributed by atoms with Gasteiger partial charge in [-0.05, 0) is 36.8 Å². The fourth-order valence-electron chi connectivity index (χ4n) is 4.47. The largest absolute Gasteiger partial charge is 0.494 e. The first kappa shape index (κ1) is 22.6. The van der Waals surface area contributed by atoms with Crippen molar-refractivity contribution in [3.63, 3.8) is 0 Å². The smallest absolute Gasteiger partial charge is 0.336 e. The van der Waals surface area contributed by atoms with Crippen LogP contribution in [0.25, 0.3) is 0 Å². The zero-order chi connectivity index (χ0) is 21.5. The van der Waals surface area contributed by atoms with Crippen LogP contribution in [0.3, 0.4) is 0 Å². The number of carboxylic acid groups (broad SMARTS) is 2. The van der Waals surface area contributed by atoms with Crippen LogP contribution in [-0.4, -0.2) is 41.0 Å². The SMILES string of the molecule is CCC[C@H]1CC[C@H](CCCOc2ccc(C3O[C@@H](C(=O)O)[C@H](C(=O)O)O3)cc2)CC1. The van der Waals surface area contributed by atoms with Gasteiger partial charge in [0.25, 0.3) is 0 Å². The van der Waals surface area contributed by atoms with E-state index in [9.17, 15) is 9.59 Å². The fourth-order valence-corrected chi connectivity index (χ4v) is 4.47. The van der Waals surface area contributed by atoms with Crippen molar-refractivity contribution in [1.29, 1.82) is 0 Å². The maximum absolute atomic E-state index is 11.2. The van der Waals surface area contributed by atoms with Gasteiger partial charge in [0.15, 0.2) is 18.5 Å². The molecule has 0 unspecified atom stereocenters.